The second-order valence-corrected chi connectivity index (χ2v) is 27.1. The molecule has 0 saturated carbocycles. The second kappa shape index (κ2) is 25.8. The summed E-state index contributed by atoms with van der Waals surface area (Å²) in [4.78, 5) is 5.13. The summed E-state index contributed by atoms with van der Waals surface area (Å²) >= 11 is 0. The molecule has 2 aliphatic carbocycles. The molecule has 2 nitrogen and oxygen atoms in total. The lowest BCUT2D eigenvalue weighted by molar-refractivity contribution is 0.768. The van der Waals surface area contributed by atoms with Gasteiger partial charge in [0.25, 0.3) is 0 Å². The number of para-hydroxylation sites is 2. The van der Waals surface area contributed by atoms with Crippen LogP contribution in [0.1, 0.15) is 55.6 Å². The summed E-state index contributed by atoms with van der Waals surface area (Å²) in [6.45, 7) is 4.60. The van der Waals surface area contributed by atoms with E-state index in [9.17, 15) is 0 Å². The first-order valence-electron chi connectivity index (χ1n) is 35.5. The first-order valence-corrected chi connectivity index (χ1v) is 35.5. The van der Waals surface area contributed by atoms with Gasteiger partial charge in [-0.3, -0.25) is 0 Å². The number of benzene rings is 16. The van der Waals surface area contributed by atoms with E-state index in [1.165, 1.54) is 66.8 Å². The number of aryl methyl sites for hydroxylation is 2. The number of rotatable bonds is 15. The zero-order valence-corrected chi connectivity index (χ0v) is 57.0. The average molecular weight is 1300 g/mol. The highest BCUT2D eigenvalue weighted by molar-refractivity contribution is 6.02. The standard InChI is InChI=1S/C100H72N2/c1-69-65-75(57-63-95(69)101(97-83(71-33-11-3-12-34-71)51-31-52-84(97)72-35-13-4-14-36-72)81-59-61-89-87-49-27-29-55-91(87)99(93(89)67-81,77-41-19-7-20-42-77)78-43-21-8-22-44-78)76-58-64-96(70(2)66-76)102(98-85(73-37-15-5-16-38-73)53-32-54-86(98)74-39-17-6-18-40-74)82-60-62-90-88-50-28-30-56-92(88)100(94(90)68-82,79-45-23-9-24-46-79)80-47-25-10-26-48-80/h3-68H,1-2H3. The molecule has 0 atom stereocenters. The predicted octanol–water partition coefficient (Wildman–Crippen LogP) is 26.3. The van der Waals surface area contributed by atoms with Crippen molar-refractivity contribution < 1.29 is 0 Å². The van der Waals surface area contributed by atoms with Crippen LogP contribution in [-0.4, -0.2) is 0 Å². The topological polar surface area (TPSA) is 6.48 Å². The molecule has 0 spiro atoms. The Balaban J connectivity index is 0.840. The van der Waals surface area contributed by atoms with E-state index in [0.717, 1.165) is 101 Å². The molecule has 0 saturated heterocycles. The molecule has 482 valence electrons. The van der Waals surface area contributed by atoms with Gasteiger partial charge in [0.1, 0.15) is 0 Å². The van der Waals surface area contributed by atoms with Gasteiger partial charge in [-0.1, -0.05) is 352 Å². The van der Waals surface area contributed by atoms with Crippen molar-refractivity contribution in [3.63, 3.8) is 0 Å². The third-order valence-corrected chi connectivity index (χ3v) is 21.5. The van der Waals surface area contributed by atoms with Gasteiger partial charge in [-0.25, -0.2) is 0 Å². The molecule has 0 aromatic heterocycles. The van der Waals surface area contributed by atoms with Crippen LogP contribution in [0.3, 0.4) is 0 Å². The van der Waals surface area contributed by atoms with Crippen molar-refractivity contribution in [2.45, 2.75) is 24.7 Å². The Hall–Kier alpha value is -12.9. The number of hydrogen-bond acceptors (Lipinski definition) is 2. The lowest BCUT2D eigenvalue weighted by Crippen LogP contribution is -2.28. The highest BCUT2D eigenvalue weighted by atomic mass is 15.2. The predicted molar refractivity (Wildman–Crippen MR) is 427 cm³/mol. The maximum Gasteiger partial charge on any atom is 0.0714 e. The first-order chi connectivity index (χ1) is 50.5. The third-order valence-electron chi connectivity index (χ3n) is 21.5. The van der Waals surface area contributed by atoms with Gasteiger partial charge >= 0.3 is 0 Å². The van der Waals surface area contributed by atoms with Crippen molar-refractivity contribution in [2.75, 3.05) is 9.80 Å². The summed E-state index contributed by atoms with van der Waals surface area (Å²) < 4.78 is 0. The fourth-order valence-electron chi connectivity index (χ4n) is 17.1. The summed E-state index contributed by atoms with van der Waals surface area (Å²) in [6, 6.07) is 149. The van der Waals surface area contributed by atoms with Crippen molar-refractivity contribution >= 4 is 34.1 Å². The Labute approximate surface area is 598 Å². The summed E-state index contributed by atoms with van der Waals surface area (Å²) in [5, 5.41) is 0. The Morgan fingerprint density at radius 1 is 0.186 bits per heavy atom. The molecule has 0 bridgehead atoms. The maximum atomic E-state index is 2.56. The lowest BCUT2D eigenvalue weighted by Gasteiger charge is -2.36. The summed E-state index contributed by atoms with van der Waals surface area (Å²) in [5.41, 5.74) is 34.0. The van der Waals surface area contributed by atoms with Crippen LogP contribution in [0.4, 0.5) is 34.1 Å². The minimum atomic E-state index is -0.607. The molecule has 102 heavy (non-hydrogen) atoms. The van der Waals surface area contributed by atoms with Crippen molar-refractivity contribution in [2.24, 2.45) is 0 Å². The molecule has 0 aliphatic heterocycles. The lowest BCUT2D eigenvalue weighted by atomic mass is 9.67. The Morgan fingerprint density at radius 2 is 0.441 bits per heavy atom. The number of nitrogens with zero attached hydrogens (tertiary/aromatic N) is 2. The Morgan fingerprint density at radius 3 is 0.735 bits per heavy atom. The average Bonchev–Trinajstić information content (AvgIpc) is 1.53. The maximum absolute atomic E-state index is 2.56. The van der Waals surface area contributed by atoms with E-state index in [0.29, 0.717) is 0 Å². The van der Waals surface area contributed by atoms with E-state index >= 15 is 0 Å². The monoisotopic (exact) mass is 1300 g/mol. The minimum Gasteiger partial charge on any atom is -0.309 e. The molecule has 2 heteroatoms. The fraction of sp³-hybridized carbons (Fsp3) is 0.0400. The SMILES string of the molecule is Cc1cc(-c2ccc(N(c3ccc4c(c3)C(c3ccccc3)(c3ccccc3)c3ccccc3-4)c3c(-c4ccccc4)cccc3-c3ccccc3)c(C)c2)ccc1N(c1ccc2c(c1)C(c1ccccc1)(c1ccccc1)c1ccccc1-2)c1c(-c2ccccc2)cccc1-c1ccccc1. The van der Waals surface area contributed by atoms with Gasteiger partial charge < -0.3 is 9.80 Å². The van der Waals surface area contributed by atoms with Gasteiger partial charge in [-0.05, 0) is 174 Å². The fourth-order valence-corrected chi connectivity index (χ4v) is 17.1. The number of anilines is 6. The molecule has 0 amide bonds. The normalized spacial score (nSPS) is 12.8. The summed E-state index contributed by atoms with van der Waals surface area (Å²) in [7, 11) is 0. The summed E-state index contributed by atoms with van der Waals surface area (Å²) in [6.07, 6.45) is 0. The zero-order chi connectivity index (χ0) is 68.1. The third kappa shape index (κ3) is 10.1. The van der Waals surface area contributed by atoms with Gasteiger partial charge in [-0.15, -0.1) is 0 Å². The van der Waals surface area contributed by atoms with Crippen molar-refractivity contribution in [3.8, 4) is 77.9 Å². The Kier molecular flexibility index (Phi) is 15.5. The quantitative estimate of drug-likeness (QED) is 0.101. The molecule has 0 fully saturated rings. The van der Waals surface area contributed by atoms with Crippen LogP contribution in [-0.2, 0) is 10.8 Å². The van der Waals surface area contributed by atoms with Gasteiger partial charge in [0, 0.05) is 45.0 Å². The van der Waals surface area contributed by atoms with Crippen LogP contribution >= 0.6 is 0 Å². The van der Waals surface area contributed by atoms with Crippen LogP contribution in [0.5, 0.6) is 0 Å². The van der Waals surface area contributed by atoms with Crippen LogP contribution in [0, 0.1) is 13.8 Å². The van der Waals surface area contributed by atoms with E-state index in [1.807, 2.05) is 0 Å². The van der Waals surface area contributed by atoms with Gasteiger partial charge in [0.05, 0.1) is 22.2 Å². The summed E-state index contributed by atoms with van der Waals surface area (Å²) in [5.74, 6) is 0. The molecular formula is C100H72N2. The van der Waals surface area contributed by atoms with Gasteiger partial charge in [0.2, 0.25) is 0 Å². The molecule has 18 rings (SSSR count). The first kappa shape index (κ1) is 61.5. The largest absolute Gasteiger partial charge is 0.309 e. The highest BCUT2D eigenvalue weighted by Gasteiger charge is 2.48. The Bertz CT molecular complexity index is 5200. The van der Waals surface area contributed by atoms with E-state index in [4.69, 9.17) is 0 Å². The molecule has 0 unspecified atom stereocenters. The molecular weight excluding hydrogens is 1230 g/mol. The van der Waals surface area contributed by atoms with Gasteiger partial charge in [-0.2, -0.15) is 0 Å². The van der Waals surface area contributed by atoms with E-state index < -0.39 is 10.8 Å². The van der Waals surface area contributed by atoms with E-state index in [1.54, 1.807) is 0 Å². The molecule has 16 aromatic carbocycles. The molecule has 16 aromatic rings. The van der Waals surface area contributed by atoms with E-state index in [-0.39, 0.29) is 0 Å². The second-order valence-electron chi connectivity index (χ2n) is 27.1. The van der Waals surface area contributed by atoms with Crippen LogP contribution in [0.25, 0.3) is 77.9 Å². The van der Waals surface area contributed by atoms with Crippen LogP contribution < -0.4 is 9.80 Å². The van der Waals surface area contributed by atoms with Crippen LogP contribution in [0.2, 0.25) is 0 Å². The van der Waals surface area contributed by atoms with Gasteiger partial charge in [0.15, 0.2) is 0 Å². The molecule has 2 aliphatic rings. The minimum absolute atomic E-state index is 0.607. The van der Waals surface area contributed by atoms with E-state index in [2.05, 4.69) is 424 Å². The molecule has 0 N–H and O–H groups in total. The molecule has 0 radical (unpaired) electrons. The molecule has 0 heterocycles. The van der Waals surface area contributed by atoms with Crippen molar-refractivity contribution in [1.29, 1.82) is 0 Å². The number of fused-ring (bicyclic) bond motifs is 6. The number of hydrogen-bond donors (Lipinski definition) is 0. The smallest absolute Gasteiger partial charge is 0.0714 e. The van der Waals surface area contributed by atoms with Crippen molar-refractivity contribution in [3.05, 3.63) is 456 Å². The van der Waals surface area contributed by atoms with Crippen LogP contribution in [0.15, 0.2) is 400 Å². The highest BCUT2D eigenvalue weighted by Crippen LogP contribution is 2.61. The van der Waals surface area contributed by atoms with Crippen molar-refractivity contribution in [1.82, 2.24) is 0 Å². The zero-order valence-electron chi connectivity index (χ0n) is 57.0.